The molecule has 1 aromatic carbocycles. The Morgan fingerprint density at radius 3 is 2.48 bits per heavy atom. The summed E-state index contributed by atoms with van der Waals surface area (Å²) in [6.07, 6.45) is 0.217. The van der Waals surface area contributed by atoms with Gasteiger partial charge in [0.25, 0.3) is 6.43 Å². The highest BCUT2D eigenvalue weighted by molar-refractivity contribution is 6.34. The number of hydrogen-bond acceptors (Lipinski definition) is 6. The van der Waals surface area contributed by atoms with E-state index in [2.05, 4.69) is 16.5 Å². The number of halogens is 3. The number of alkyl halides is 2. The Morgan fingerprint density at radius 1 is 1.11 bits per heavy atom. The number of aryl methyl sites for hydroxylation is 1. The van der Waals surface area contributed by atoms with Gasteiger partial charge in [-0.2, -0.15) is 4.98 Å². The molecule has 5 rings (SSSR count). The van der Waals surface area contributed by atoms with Gasteiger partial charge in [0.2, 0.25) is 5.91 Å². The highest BCUT2D eigenvalue weighted by atomic mass is 35.5. The number of aromatic nitrogens is 4. The van der Waals surface area contributed by atoms with E-state index in [1.165, 1.54) is 22.8 Å². The second-order valence-corrected chi connectivity index (χ2v) is 11.6. The van der Waals surface area contributed by atoms with Crippen LogP contribution in [0.25, 0.3) is 28.0 Å². The van der Waals surface area contributed by atoms with Crippen molar-refractivity contribution in [2.24, 2.45) is 0 Å². The van der Waals surface area contributed by atoms with Crippen LogP contribution in [0.4, 0.5) is 14.6 Å². The number of carbonyl (C=O) groups excluding carboxylic acids is 1. The number of amides is 1. The van der Waals surface area contributed by atoms with E-state index >= 15 is 0 Å². The first kappa shape index (κ1) is 32.7. The number of nitrogens with zero attached hydrogens (tertiary/aromatic N) is 6. The fraction of sp³-hybridized carbons (Fsp3) is 0.364. The van der Waals surface area contributed by atoms with E-state index in [0.29, 0.717) is 35.7 Å². The third kappa shape index (κ3) is 5.70. The summed E-state index contributed by atoms with van der Waals surface area (Å²) in [5.41, 5.74) is 1.71. The van der Waals surface area contributed by atoms with Crippen LogP contribution in [0.5, 0.6) is 0 Å². The van der Waals surface area contributed by atoms with Crippen LogP contribution in [0.15, 0.2) is 60.0 Å². The maximum atomic E-state index is 14.1. The number of pyridine rings is 2. The summed E-state index contributed by atoms with van der Waals surface area (Å²) >= 11 is 6.81. The lowest BCUT2D eigenvalue weighted by Gasteiger charge is -2.44. The molecule has 44 heavy (non-hydrogen) atoms. The van der Waals surface area contributed by atoms with Crippen LogP contribution in [-0.2, 0) is 4.79 Å². The Balaban J connectivity index is 0.00000442. The lowest BCUT2D eigenvalue weighted by molar-refractivity contribution is -0.128. The van der Waals surface area contributed by atoms with Crippen LogP contribution in [-0.4, -0.2) is 55.5 Å². The van der Waals surface area contributed by atoms with Crippen molar-refractivity contribution in [2.75, 3.05) is 18.0 Å². The third-order valence-electron chi connectivity index (χ3n) is 7.89. The molecule has 0 saturated carbocycles. The molecular weight excluding hydrogens is 586 g/mol. The van der Waals surface area contributed by atoms with Crippen molar-refractivity contribution in [1.82, 2.24) is 24.4 Å². The van der Waals surface area contributed by atoms with Gasteiger partial charge in [-0.05, 0) is 50.5 Å². The summed E-state index contributed by atoms with van der Waals surface area (Å²) in [5, 5.41) is 0.616. The summed E-state index contributed by atoms with van der Waals surface area (Å²) in [4.78, 5) is 44.2. The van der Waals surface area contributed by atoms with Gasteiger partial charge in [-0.25, -0.2) is 23.1 Å². The molecule has 0 bridgehead atoms. The number of anilines is 1. The second kappa shape index (κ2) is 12.8. The molecule has 8 nitrogen and oxygen atoms in total. The number of benzene rings is 1. The van der Waals surface area contributed by atoms with Crippen molar-refractivity contribution >= 4 is 34.4 Å². The van der Waals surface area contributed by atoms with E-state index in [4.69, 9.17) is 16.6 Å². The molecule has 1 aliphatic heterocycles. The fourth-order valence-corrected chi connectivity index (χ4v) is 6.00. The highest BCUT2D eigenvalue weighted by Crippen LogP contribution is 2.38. The first-order valence-electron chi connectivity index (χ1n) is 14.1. The molecule has 1 aliphatic rings. The maximum Gasteiger partial charge on any atom is 0.355 e. The van der Waals surface area contributed by atoms with Crippen LogP contribution < -0.4 is 10.6 Å². The van der Waals surface area contributed by atoms with Gasteiger partial charge in [-0.3, -0.25) is 9.78 Å². The number of hydrogen-bond donors (Lipinski definition) is 0. The average Bonchev–Trinajstić information content (AvgIpc) is 2.97. The Bertz CT molecular complexity index is 1790. The van der Waals surface area contributed by atoms with Gasteiger partial charge in [-0.1, -0.05) is 63.7 Å². The molecule has 0 radical (unpaired) electrons. The van der Waals surface area contributed by atoms with Crippen molar-refractivity contribution in [3.8, 4) is 16.9 Å². The molecule has 3 aromatic heterocycles. The lowest BCUT2D eigenvalue weighted by atomic mass is 10.0. The molecular formula is C33H37ClF2N6O2. The van der Waals surface area contributed by atoms with Gasteiger partial charge in [0.05, 0.1) is 27.5 Å². The van der Waals surface area contributed by atoms with Crippen molar-refractivity contribution in [3.63, 3.8) is 0 Å². The summed E-state index contributed by atoms with van der Waals surface area (Å²) < 4.78 is 29.6. The topological polar surface area (TPSA) is 84.2 Å². The minimum absolute atomic E-state index is 0. The number of fused-ring (bicyclic) bond motifs is 1. The first-order chi connectivity index (χ1) is 20.4. The molecule has 4 aromatic rings. The lowest BCUT2D eigenvalue weighted by Crippen LogP contribution is -2.58. The predicted octanol–water partition coefficient (Wildman–Crippen LogP) is 7.11. The summed E-state index contributed by atoms with van der Waals surface area (Å²) in [7, 11) is 0. The Labute approximate surface area is 261 Å². The number of piperazine rings is 1. The molecule has 0 aliphatic carbocycles. The number of carbonyl (C=O) groups is 1. The minimum Gasteiger partial charge on any atom is -0.349 e. The van der Waals surface area contributed by atoms with E-state index in [1.807, 2.05) is 39.5 Å². The van der Waals surface area contributed by atoms with Crippen LogP contribution in [0.2, 0.25) is 5.02 Å². The normalized spacial score (nSPS) is 16.9. The van der Waals surface area contributed by atoms with Crippen molar-refractivity contribution in [3.05, 3.63) is 87.6 Å². The Hall–Kier alpha value is -4.18. The van der Waals surface area contributed by atoms with Gasteiger partial charge < -0.3 is 9.80 Å². The SMILES string of the molecule is C.C=CC(=O)N1C[C@H](C)N(c2nc(=O)n(-c3c(C)ccnc3C(C)C)c3nc(-c4ccccc4C(F)F)c(Cl)cc23)C[C@H]1C. The molecule has 11 heteroatoms. The average molecular weight is 623 g/mol. The molecule has 0 N–H and O–H groups in total. The van der Waals surface area contributed by atoms with Gasteiger partial charge in [0.1, 0.15) is 5.82 Å². The van der Waals surface area contributed by atoms with E-state index in [9.17, 15) is 18.4 Å². The van der Waals surface area contributed by atoms with Crippen molar-refractivity contribution in [2.45, 2.75) is 66.5 Å². The Kier molecular flexibility index (Phi) is 9.53. The Morgan fingerprint density at radius 2 is 1.82 bits per heavy atom. The van der Waals surface area contributed by atoms with Crippen LogP contribution in [0.1, 0.15) is 64.3 Å². The van der Waals surface area contributed by atoms with E-state index in [1.54, 1.807) is 35.4 Å². The molecule has 0 spiro atoms. The first-order valence-corrected chi connectivity index (χ1v) is 14.5. The van der Waals surface area contributed by atoms with Crippen LogP contribution in [0.3, 0.4) is 0 Å². The largest absolute Gasteiger partial charge is 0.355 e. The smallest absolute Gasteiger partial charge is 0.349 e. The summed E-state index contributed by atoms with van der Waals surface area (Å²) in [6, 6.07) is 9.08. The zero-order valence-electron chi connectivity index (χ0n) is 24.7. The maximum absolute atomic E-state index is 14.1. The van der Waals surface area contributed by atoms with Crippen LogP contribution in [0, 0.1) is 6.92 Å². The molecule has 2 atom stereocenters. The minimum atomic E-state index is -2.76. The fourth-order valence-electron chi connectivity index (χ4n) is 5.75. The standard InChI is InChI=1S/C32H33ClF2N6O2.CH4/c1-7-25(42)39-15-20(6)40(16-19(39)5)30-23-14-24(33)27(21-10-8-9-11-22(21)29(34)35)37-31(23)41(32(43)38-30)28-18(4)12-13-36-26(28)17(2)3;/h7-14,17,19-20,29H,1,15-16H2,2-6H3;1H4/t19-,20+;/m1./s1. The highest BCUT2D eigenvalue weighted by Gasteiger charge is 2.34. The molecule has 1 amide bonds. The molecule has 0 unspecified atom stereocenters. The zero-order valence-corrected chi connectivity index (χ0v) is 25.4. The molecule has 4 heterocycles. The summed E-state index contributed by atoms with van der Waals surface area (Å²) in [5.74, 6) is 0.142. The number of rotatable bonds is 6. The van der Waals surface area contributed by atoms with Gasteiger partial charge >= 0.3 is 5.69 Å². The van der Waals surface area contributed by atoms with Gasteiger partial charge in [0, 0.05) is 42.5 Å². The van der Waals surface area contributed by atoms with Gasteiger partial charge in [0.15, 0.2) is 5.65 Å². The summed E-state index contributed by atoms with van der Waals surface area (Å²) in [6.45, 7) is 14.1. The predicted molar refractivity (Wildman–Crippen MR) is 172 cm³/mol. The van der Waals surface area contributed by atoms with E-state index < -0.39 is 12.1 Å². The quantitative estimate of drug-likeness (QED) is 0.213. The third-order valence-corrected chi connectivity index (χ3v) is 8.18. The second-order valence-electron chi connectivity index (χ2n) is 11.2. The van der Waals surface area contributed by atoms with E-state index in [0.717, 1.165) is 5.56 Å². The van der Waals surface area contributed by atoms with Crippen LogP contribution >= 0.6 is 11.6 Å². The zero-order chi connectivity index (χ0) is 31.2. The molecule has 1 fully saturated rings. The van der Waals surface area contributed by atoms with Crippen molar-refractivity contribution < 1.29 is 13.6 Å². The monoisotopic (exact) mass is 622 g/mol. The van der Waals surface area contributed by atoms with Gasteiger partial charge in [-0.15, -0.1) is 0 Å². The van der Waals surface area contributed by atoms with Crippen molar-refractivity contribution in [1.29, 1.82) is 0 Å². The molecule has 232 valence electrons. The van der Waals surface area contributed by atoms with E-state index in [-0.39, 0.29) is 58.8 Å². The molecule has 1 saturated heterocycles.